The third kappa shape index (κ3) is 5.06. The van der Waals surface area contributed by atoms with Crippen LogP contribution in [0, 0.1) is 6.92 Å². The van der Waals surface area contributed by atoms with E-state index in [1.165, 1.54) is 11.3 Å². The van der Waals surface area contributed by atoms with Gasteiger partial charge in [-0.1, -0.05) is 45.5 Å². The first-order chi connectivity index (χ1) is 13.1. The first-order valence-corrected chi connectivity index (χ1v) is 10.3. The number of para-hydroxylation sites is 1. The van der Waals surface area contributed by atoms with Crippen molar-refractivity contribution in [3.8, 4) is 5.75 Å². The lowest BCUT2D eigenvalue weighted by Crippen LogP contribution is -2.21. The molecule has 3 aromatic rings. The van der Waals surface area contributed by atoms with Gasteiger partial charge in [0.25, 0.3) is 5.91 Å². The Balaban J connectivity index is 1.85. The van der Waals surface area contributed by atoms with Gasteiger partial charge < -0.3 is 14.0 Å². The molecule has 5 nitrogen and oxygen atoms in total. The molecule has 1 amide bonds. The summed E-state index contributed by atoms with van der Waals surface area (Å²) in [6.07, 6.45) is 0. The lowest BCUT2D eigenvalue weighted by molar-refractivity contribution is -0.120. The third-order valence-corrected chi connectivity index (χ3v) is 5.51. The second-order valence-electron chi connectivity index (χ2n) is 5.90. The summed E-state index contributed by atoms with van der Waals surface area (Å²) in [6.45, 7) is 5.69. The molecule has 0 bridgehead atoms. The van der Waals surface area contributed by atoms with Crippen molar-refractivity contribution in [1.29, 1.82) is 0 Å². The van der Waals surface area contributed by atoms with Crippen molar-refractivity contribution in [2.24, 2.45) is 4.99 Å². The topological polar surface area (TPSA) is 52.8 Å². The molecule has 0 aliphatic carbocycles. The van der Waals surface area contributed by atoms with Gasteiger partial charge in [-0.3, -0.25) is 4.79 Å². The van der Waals surface area contributed by atoms with E-state index in [-0.39, 0.29) is 12.5 Å². The van der Waals surface area contributed by atoms with Crippen LogP contribution in [0.5, 0.6) is 5.75 Å². The van der Waals surface area contributed by atoms with Crippen LogP contribution in [0.3, 0.4) is 0 Å². The number of ether oxygens (including phenoxy) is 2. The molecule has 0 N–H and O–H groups in total. The molecule has 0 aliphatic heterocycles. The van der Waals surface area contributed by atoms with Crippen LogP contribution in [-0.4, -0.2) is 30.3 Å². The summed E-state index contributed by atoms with van der Waals surface area (Å²) in [5.41, 5.74) is 2.03. The molecule has 1 heterocycles. The molecular formula is C20H21BrN2O3S. The van der Waals surface area contributed by atoms with Crippen LogP contribution >= 0.6 is 27.3 Å². The second-order valence-corrected chi connectivity index (χ2v) is 7.83. The Labute approximate surface area is 170 Å². The number of aromatic nitrogens is 1. The van der Waals surface area contributed by atoms with Crippen LogP contribution in [0.25, 0.3) is 10.2 Å². The number of benzene rings is 2. The lowest BCUT2D eigenvalue weighted by atomic mass is 10.2. The maximum absolute atomic E-state index is 12.4. The Bertz CT molecular complexity index is 1010. The normalized spacial score (nSPS) is 11.9. The zero-order chi connectivity index (χ0) is 19.2. The largest absolute Gasteiger partial charge is 0.483 e. The van der Waals surface area contributed by atoms with Crippen molar-refractivity contribution in [2.45, 2.75) is 20.4 Å². The van der Waals surface area contributed by atoms with Gasteiger partial charge in [-0.15, -0.1) is 0 Å². The Kier molecular flexibility index (Phi) is 6.82. The van der Waals surface area contributed by atoms with E-state index in [1.807, 2.05) is 60.9 Å². The van der Waals surface area contributed by atoms with Crippen molar-refractivity contribution in [1.82, 2.24) is 4.57 Å². The Hall–Kier alpha value is -1.96. The van der Waals surface area contributed by atoms with E-state index in [1.54, 1.807) is 0 Å². The first-order valence-electron chi connectivity index (χ1n) is 8.71. The Morgan fingerprint density at radius 2 is 2.07 bits per heavy atom. The molecule has 0 fully saturated rings. The van der Waals surface area contributed by atoms with Gasteiger partial charge in [0.15, 0.2) is 11.4 Å². The molecule has 1 aromatic heterocycles. The molecule has 142 valence electrons. The van der Waals surface area contributed by atoms with E-state index in [4.69, 9.17) is 9.47 Å². The van der Waals surface area contributed by atoms with Crippen LogP contribution < -0.4 is 9.54 Å². The third-order valence-electron chi connectivity index (χ3n) is 3.97. The van der Waals surface area contributed by atoms with Crippen molar-refractivity contribution in [2.75, 3.05) is 19.8 Å². The highest BCUT2D eigenvalue weighted by Crippen LogP contribution is 2.22. The summed E-state index contributed by atoms with van der Waals surface area (Å²) >= 11 is 4.98. The van der Waals surface area contributed by atoms with Gasteiger partial charge in [0, 0.05) is 17.6 Å². The van der Waals surface area contributed by atoms with Crippen LogP contribution in [0.2, 0.25) is 0 Å². The SMILES string of the molecule is CCOCCn1c(=NC(=O)COc2ccccc2C)sc2cc(Br)ccc21. The molecule has 2 aromatic carbocycles. The summed E-state index contributed by atoms with van der Waals surface area (Å²) in [4.78, 5) is 17.3. The predicted molar refractivity (Wildman–Crippen MR) is 111 cm³/mol. The van der Waals surface area contributed by atoms with Crippen molar-refractivity contribution in [3.05, 3.63) is 57.3 Å². The highest BCUT2D eigenvalue weighted by molar-refractivity contribution is 9.10. The number of amides is 1. The van der Waals surface area contributed by atoms with Crippen molar-refractivity contribution >= 4 is 43.4 Å². The van der Waals surface area contributed by atoms with E-state index < -0.39 is 0 Å². The fraction of sp³-hybridized carbons (Fsp3) is 0.300. The minimum atomic E-state index is -0.311. The van der Waals surface area contributed by atoms with Gasteiger partial charge in [0.1, 0.15) is 5.75 Å². The molecule has 0 saturated carbocycles. The van der Waals surface area contributed by atoms with Gasteiger partial charge in [-0.25, -0.2) is 0 Å². The van der Waals surface area contributed by atoms with Gasteiger partial charge in [0.05, 0.1) is 16.8 Å². The number of fused-ring (bicyclic) bond motifs is 1. The van der Waals surface area contributed by atoms with Gasteiger partial charge in [0.2, 0.25) is 0 Å². The predicted octanol–water partition coefficient (Wildman–Crippen LogP) is 4.32. The molecule has 0 unspecified atom stereocenters. The molecule has 3 rings (SSSR count). The maximum atomic E-state index is 12.4. The number of hydrogen-bond acceptors (Lipinski definition) is 4. The number of carbonyl (C=O) groups is 1. The smallest absolute Gasteiger partial charge is 0.286 e. The van der Waals surface area contributed by atoms with E-state index in [0.29, 0.717) is 30.3 Å². The summed E-state index contributed by atoms with van der Waals surface area (Å²) in [5.74, 6) is 0.388. The summed E-state index contributed by atoms with van der Waals surface area (Å²) in [6, 6.07) is 13.7. The van der Waals surface area contributed by atoms with Crippen LogP contribution in [0.15, 0.2) is 51.9 Å². The minimum Gasteiger partial charge on any atom is -0.483 e. The average molecular weight is 449 g/mol. The maximum Gasteiger partial charge on any atom is 0.286 e. The zero-order valence-corrected chi connectivity index (χ0v) is 17.7. The molecule has 27 heavy (non-hydrogen) atoms. The Morgan fingerprint density at radius 3 is 2.85 bits per heavy atom. The molecular weight excluding hydrogens is 428 g/mol. The fourth-order valence-corrected chi connectivity index (χ4v) is 4.27. The number of carbonyl (C=O) groups excluding carboxylic acids is 1. The number of hydrogen-bond donors (Lipinski definition) is 0. The summed E-state index contributed by atoms with van der Waals surface area (Å²) in [5, 5.41) is 0. The van der Waals surface area contributed by atoms with Crippen molar-refractivity contribution < 1.29 is 14.3 Å². The lowest BCUT2D eigenvalue weighted by Gasteiger charge is -2.07. The molecule has 0 atom stereocenters. The van der Waals surface area contributed by atoms with Gasteiger partial charge in [-0.2, -0.15) is 4.99 Å². The second kappa shape index (κ2) is 9.30. The number of thiazole rings is 1. The first kappa shape index (κ1) is 19.8. The molecule has 7 heteroatoms. The van der Waals surface area contributed by atoms with E-state index >= 15 is 0 Å². The number of nitrogens with zero attached hydrogens (tertiary/aromatic N) is 2. The van der Waals surface area contributed by atoms with E-state index in [2.05, 4.69) is 20.9 Å². The van der Waals surface area contributed by atoms with E-state index in [0.717, 1.165) is 20.3 Å². The zero-order valence-electron chi connectivity index (χ0n) is 15.3. The number of aryl methyl sites for hydroxylation is 1. The van der Waals surface area contributed by atoms with Gasteiger partial charge >= 0.3 is 0 Å². The summed E-state index contributed by atoms with van der Waals surface area (Å²) < 4.78 is 15.2. The highest BCUT2D eigenvalue weighted by Gasteiger charge is 2.09. The Morgan fingerprint density at radius 1 is 1.26 bits per heavy atom. The quantitative estimate of drug-likeness (QED) is 0.505. The number of halogens is 1. The number of rotatable bonds is 7. The molecule has 0 saturated heterocycles. The average Bonchev–Trinajstić information content (AvgIpc) is 2.97. The van der Waals surface area contributed by atoms with Gasteiger partial charge in [-0.05, 0) is 43.7 Å². The minimum absolute atomic E-state index is 0.0890. The fourth-order valence-electron chi connectivity index (χ4n) is 2.65. The highest BCUT2D eigenvalue weighted by atomic mass is 79.9. The molecule has 0 spiro atoms. The molecule has 0 aliphatic rings. The standard InChI is InChI=1S/C20H21BrN2O3S/c1-3-25-11-10-23-16-9-8-15(21)12-18(16)27-20(23)22-19(24)13-26-17-7-5-4-6-14(17)2/h4-9,12H,3,10-11,13H2,1-2H3. The monoisotopic (exact) mass is 448 g/mol. The molecule has 0 radical (unpaired) electrons. The van der Waals surface area contributed by atoms with Crippen LogP contribution in [0.1, 0.15) is 12.5 Å². The van der Waals surface area contributed by atoms with E-state index in [9.17, 15) is 4.79 Å². The van der Waals surface area contributed by atoms with Crippen LogP contribution in [-0.2, 0) is 16.1 Å². The van der Waals surface area contributed by atoms with Crippen LogP contribution in [0.4, 0.5) is 0 Å². The van der Waals surface area contributed by atoms with Crippen molar-refractivity contribution in [3.63, 3.8) is 0 Å². The summed E-state index contributed by atoms with van der Waals surface area (Å²) in [7, 11) is 0.